The van der Waals surface area contributed by atoms with Crippen molar-refractivity contribution < 1.29 is 4.79 Å². The van der Waals surface area contributed by atoms with Crippen molar-refractivity contribution in [2.45, 2.75) is 25.4 Å². The Morgan fingerprint density at radius 1 is 1.38 bits per heavy atom. The Balaban J connectivity index is 1.82. The normalized spacial score (nSPS) is 16.2. The van der Waals surface area contributed by atoms with Crippen LogP contribution in [-0.2, 0) is 6.54 Å². The van der Waals surface area contributed by atoms with Gasteiger partial charge in [-0.15, -0.1) is 0 Å². The zero-order valence-corrected chi connectivity index (χ0v) is 12.7. The van der Waals surface area contributed by atoms with Gasteiger partial charge in [0.25, 0.3) is 0 Å². The molecule has 2 rings (SSSR count). The predicted octanol–water partition coefficient (Wildman–Crippen LogP) is 1.79. The fourth-order valence-electron chi connectivity index (χ4n) is 2.55. The first kappa shape index (κ1) is 15.3. The summed E-state index contributed by atoms with van der Waals surface area (Å²) in [4.78, 5) is 16.3. The number of carbonyl (C=O) groups excluding carboxylic acids is 1. The third kappa shape index (κ3) is 4.20. The number of nitrogens with one attached hydrogen (secondary N) is 1. The highest BCUT2D eigenvalue weighted by molar-refractivity contribution is 5.74. The Bertz CT molecular complexity index is 512. The van der Waals surface area contributed by atoms with Crippen molar-refractivity contribution in [1.82, 2.24) is 15.1 Å². The van der Waals surface area contributed by atoms with Gasteiger partial charge in [0.15, 0.2) is 0 Å². The summed E-state index contributed by atoms with van der Waals surface area (Å²) in [6, 6.07) is 9.64. The number of carbonyl (C=O) groups is 1. The maximum absolute atomic E-state index is 12.2. The van der Waals surface area contributed by atoms with E-state index in [0.717, 1.165) is 31.5 Å². The minimum atomic E-state index is -0.0334. The summed E-state index contributed by atoms with van der Waals surface area (Å²) >= 11 is 0. The summed E-state index contributed by atoms with van der Waals surface area (Å²) in [7, 11) is 3.98. The lowest BCUT2D eigenvalue weighted by molar-refractivity contribution is 0.147. The van der Waals surface area contributed by atoms with Gasteiger partial charge >= 0.3 is 6.03 Å². The monoisotopic (exact) mass is 286 g/mol. The molecule has 1 saturated heterocycles. The number of benzene rings is 1. The molecule has 1 heterocycles. The van der Waals surface area contributed by atoms with Crippen molar-refractivity contribution in [3.8, 4) is 6.07 Å². The molecule has 1 aliphatic heterocycles. The van der Waals surface area contributed by atoms with Gasteiger partial charge < -0.3 is 15.1 Å². The van der Waals surface area contributed by atoms with Crippen LogP contribution in [-0.4, -0.2) is 49.1 Å². The molecular formula is C16H22N4O. The molecule has 1 fully saturated rings. The minimum Gasteiger partial charge on any atom is -0.334 e. The van der Waals surface area contributed by atoms with Crippen molar-refractivity contribution in [3.05, 3.63) is 35.4 Å². The van der Waals surface area contributed by atoms with Crippen molar-refractivity contribution in [3.63, 3.8) is 0 Å². The highest BCUT2D eigenvalue weighted by Crippen LogP contribution is 2.14. The second-order valence-electron chi connectivity index (χ2n) is 5.61. The van der Waals surface area contributed by atoms with Crippen LogP contribution in [0, 0.1) is 11.3 Å². The number of nitriles is 1. The van der Waals surface area contributed by atoms with E-state index >= 15 is 0 Å². The maximum atomic E-state index is 12.2. The number of nitrogens with zero attached hydrogens (tertiary/aromatic N) is 3. The molecule has 2 amide bonds. The molecule has 0 aliphatic carbocycles. The fourth-order valence-corrected chi connectivity index (χ4v) is 2.55. The van der Waals surface area contributed by atoms with Crippen LogP contribution in [0.2, 0.25) is 0 Å². The number of piperidine rings is 1. The molecule has 5 nitrogen and oxygen atoms in total. The molecule has 0 aromatic heterocycles. The lowest BCUT2D eigenvalue weighted by Gasteiger charge is -2.35. The van der Waals surface area contributed by atoms with Gasteiger partial charge in [-0.1, -0.05) is 12.1 Å². The molecule has 0 bridgehead atoms. The SMILES string of the molecule is CN1CCC(N(C)C(=O)NCc2ccc(C#N)cc2)CC1. The van der Waals surface area contributed by atoms with Crippen LogP contribution in [0.5, 0.6) is 0 Å². The molecule has 0 saturated carbocycles. The molecule has 21 heavy (non-hydrogen) atoms. The zero-order chi connectivity index (χ0) is 15.2. The average molecular weight is 286 g/mol. The van der Waals surface area contributed by atoms with E-state index in [9.17, 15) is 4.79 Å². The third-order valence-corrected chi connectivity index (χ3v) is 4.08. The van der Waals surface area contributed by atoms with E-state index in [-0.39, 0.29) is 6.03 Å². The van der Waals surface area contributed by atoms with Crippen LogP contribution in [0.1, 0.15) is 24.0 Å². The van der Waals surface area contributed by atoms with E-state index in [4.69, 9.17) is 5.26 Å². The van der Waals surface area contributed by atoms with Gasteiger partial charge in [-0.25, -0.2) is 4.79 Å². The van der Waals surface area contributed by atoms with Crippen molar-refractivity contribution in [2.75, 3.05) is 27.2 Å². The standard InChI is InChI=1S/C16H22N4O/c1-19-9-7-15(8-10-19)20(2)16(21)18-12-14-5-3-13(11-17)4-6-14/h3-6,15H,7-10,12H2,1-2H3,(H,18,21). The van der Waals surface area contributed by atoms with Crippen molar-refractivity contribution >= 4 is 6.03 Å². The molecule has 1 aromatic rings. The summed E-state index contributed by atoms with van der Waals surface area (Å²) in [6.07, 6.45) is 2.05. The van der Waals surface area contributed by atoms with Crippen LogP contribution >= 0.6 is 0 Å². The molecule has 0 spiro atoms. The summed E-state index contributed by atoms with van der Waals surface area (Å²) in [5, 5.41) is 11.7. The van der Waals surface area contributed by atoms with E-state index in [1.165, 1.54) is 0 Å². The number of urea groups is 1. The number of hydrogen-bond donors (Lipinski definition) is 1. The number of amides is 2. The first-order chi connectivity index (χ1) is 10.1. The lowest BCUT2D eigenvalue weighted by atomic mass is 10.0. The van der Waals surface area contributed by atoms with E-state index in [0.29, 0.717) is 18.2 Å². The minimum absolute atomic E-state index is 0.0334. The van der Waals surface area contributed by atoms with Gasteiger partial charge in [-0.3, -0.25) is 0 Å². The fraction of sp³-hybridized carbons (Fsp3) is 0.500. The van der Waals surface area contributed by atoms with Crippen LogP contribution < -0.4 is 5.32 Å². The Labute approximate surface area is 126 Å². The lowest BCUT2D eigenvalue weighted by Crippen LogP contribution is -2.47. The van der Waals surface area contributed by atoms with E-state index in [1.54, 1.807) is 12.1 Å². The summed E-state index contributed by atoms with van der Waals surface area (Å²) in [5.41, 5.74) is 1.63. The van der Waals surface area contributed by atoms with Gasteiger partial charge in [0.2, 0.25) is 0 Å². The van der Waals surface area contributed by atoms with Gasteiger partial charge in [0, 0.05) is 19.6 Å². The summed E-state index contributed by atoms with van der Waals surface area (Å²) in [6.45, 7) is 2.57. The number of likely N-dealkylation sites (tertiary alicyclic amines) is 1. The molecule has 0 unspecified atom stereocenters. The molecule has 1 aliphatic rings. The van der Waals surface area contributed by atoms with E-state index in [1.807, 2.05) is 24.1 Å². The summed E-state index contributed by atoms with van der Waals surface area (Å²) in [5.74, 6) is 0. The largest absolute Gasteiger partial charge is 0.334 e. The average Bonchev–Trinajstić information content (AvgIpc) is 2.53. The summed E-state index contributed by atoms with van der Waals surface area (Å²) < 4.78 is 0. The maximum Gasteiger partial charge on any atom is 0.317 e. The second kappa shape index (κ2) is 7.09. The second-order valence-corrected chi connectivity index (χ2v) is 5.61. The van der Waals surface area contributed by atoms with Gasteiger partial charge in [-0.2, -0.15) is 5.26 Å². The molecule has 1 N–H and O–H groups in total. The van der Waals surface area contributed by atoms with Gasteiger partial charge in [0.05, 0.1) is 11.6 Å². The Kier molecular flexibility index (Phi) is 5.18. The molecular weight excluding hydrogens is 264 g/mol. The van der Waals surface area contributed by atoms with Crippen molar-refractivity contribution in [2.24, 2.45) is 0 Å². The van der Waals surface area contributed by atoms with Crippen LogP contribution in [0.4, 0.5) is 4.79 Å². The van der Waals surface area contributed by atoms with Crippen LogP contribution in [0.25, 0.3) is 0 Å². The van der Waals surface area contributed by atoms with Gasteiger partial charge in [0.1, 0.15) is 0 Å². The molecule has 112 valence electrons. The smallest absolute Gasteiger partial charge is 0.317 e. The Morgan fingerprint density at radius 3 is 2.57 bits per heavy atom. The highest BCUT2D eigenvalue weighted by atomic mass is 16.2. The van der Waals surface area contributed by atoms with E-state index < -0.39 is 0 Å². The van der Waals surface area contributed by atoms with Crippen molar-refractivity contribution in [1.29, 1.82) is 5.26 Å². The first-order valence-electron chi connectivity index (χ1n) is 7.28. The van der Waals surface area contributed by atoms with Gasteiger partial charge in [-0.05, 0) is 50.7 Å². The quantitative estimate of drug-likeness (QED) is 0.921. The number of hydrogen-bond acceptors (Lipinski definition) is 3. The molecule has 1 aromatic carbocycles. The predicted molar refractivity (Wildman–Crippen MR) is 81.7 cm³/mol. The molecule has 5 heteroatoms. The Morgan fingerprint density at radius 2 is 2.00 bits per heavy atom. The first-order valence-corrected chi connectivity index (χ1v) is 7.28. The van der Waals surface area contributed by atoms with E-state index in [2.05, 4.69) is 23.3 Å². The molecule has 0 radical (unpaired) electrons. The molecule has 0 atom stereocenters. The Hall–Kier alpha value is -2.06. The highest BCUT2D eigenvalue weighted by Gasteiger charge is 2.23. The third-order valence-electron chi connectivity index (χ3n) is 4.08. The number of rotatable bonds is 3. The topological polar surface area (TPSA) is 59.4 Å². The zero-order valence-electron chi connectivity index (χ0n) is 12.7. The van der Waals surface area contributed by atoms with Crippen LogP contribution in [0.3, 0.4) is 0 Å². The van der Waals surface area contributed by atoms with Crippen LogP contribution in [0.15, 0.2) is 24.3 Å².